The predicted octanol–water partition coefficient (Wildman–Crippen LogP) is 1.30. The number of rotatable bonds is 1. The Morgan fingerprint density at radius 2 is 1.92 bits per heavy atom. The van der Waals surface area contributed by atoms with Crippen molar-refractivity contribution in [3.63, 3.8) is 0 Å². The van der Waals surface area contributed by atoms with Crippen LogP contribution in [0.25, 0.3) is 0 Å². The van der Waals surface area contributed by atoms with E-state index in [1.54, 1.807) is 0 Å². The average Bonchev–Trinajstić information content (AvgIpc) is 2.46. The van der Waals surface area contributed by atoms with Gasteiger partial charge >= 0.3 is 0 Å². The number of benzene rings is 1. The van der Waals surface area contributed by atoms with Crippen LogP contribution in [0.2, 0.25) is 0 Å². The van der Waals surface area contributed by atoms with Gasteiger partial charge in [-0.15, -0.1) is 0 Å². The first kappa shape index (κ1) is 8.57. The maximum atomic E-state index is 5.74. The smallest absolute Gasteiger partial charge is 0.0316 e. The molecule has 1 atom stereocenters. The molecule has 0 fully saturated rings. The first-order valence-electron chi connectivity index (χ1n) is 4.70. The van der Waals surface area contributed by atoms with E-state index in [0.717, 1.165) is 12.1 Å². The highest BCUT2D eigenvalue weighted by Gasteiger charge is 2.22. The summed E-state index contributed by atoms with van der Waals surface area (Å²) in [5.41, 5.74) is 9.52. The van der Waals surface area contributed by atoms with Crippen LogP contribution in [0.3, 0.4) is 0 Å². The topological polar surface area (TPSA) is 29.3 Å². The standard InChI is InChI=1S/C11H16N2/c1-13(2)11-6-8-3-4-10(12)5-9(8)7-11/h3-5,11H,6-7,12H2,1-2H3/t11-/m1/s1. The molecule has 1 aliphatic rings. The Labute approximate surface area is 79.4 Å². The highest BCUT2D eigenvalue weighted by Crippen LogP contribution is 2.26. The summed E-state index contributed by atoms with van der Waals surface area (Å²) in [6.07, 6.45) is 2.32. The van der Waals surface area contributed by atoms with Gasteiger partial charge in [-0.3, -0.25) is 0 Å². The third-order valence-electron chi connectivity index (χ3n) is 2.87. The quantitative estimate of drug-likeness (QED) is 0.653. The van der Waals surface area contributed by atoms with Crippen LogP contribution in [0, 0.1) is 0 Å². The van der Waals surface area contributed by atoms with E-state index in [0.29, 0.717) is 6.04 Å². The third kappa shape index (κ3) is 1.54. The van der Waals surface area contributed by atoms with Gasteiger partial charge in [-0.05, 0) is 50.2 Å². The molecule has 0 bridgehead atoms. The number of nitrogens with two attached hydrogens (primary N) is 1. The summed E-state index contributed by atoms with van der Waals surface area (Å²) in [5.74, 6) is 0. The van der Waals surface area contributed by atoms with Crippen molar-refractivity contribution in [1.82, 2.24) is 4.90 Å². The fourth-order valence-electron chi connectivity index (χ4n) is 1.98. The number of anilines is 1. The largest absolute Gasteiger partial charge is 0.399 e. The minimum absolute atomic E-state index is 0.664. The second-order valence-corrected chi connectivity index (χ2v) is 4.05. The molecule has 0 aromatic heterocycles. The van der Waals surface area contributed by atoms with Crippen LogP contribution in [0.4, 0.5) is 5.69 Å². The number of hydrogen-bond acceptors (Lipinski definition) is 2. The van der Waals surface area contributed by atoms with Crippen LogP contribution in [-0.2, 0) is 12.8 Å². The Morgan fingerprint density at radius 1 is 1.23 bits per heavy atom. The lowest BCUT2D eigenvalue weighted by Gasteiger charge is -2.17. The molecule has 0 aliphatic heterocycles. The highest BCUT2D eigenvalue weighted by molar-refractivity contribution is 5.47. The van der Waals surface area contributed by atoms with Gasteiger partial charge in [0.15, 0.2) is 0 Å². The molecule has 2 heteroatoms. The van der Waals surface area contributed by atoms with Crippen molar-refractivity contribution in [1.29, 1.82) is 0 Å². The van der Waals surface area contributed by atoms with E-state index in [4.69, 9.17) is 5.73 Å². The van der Waals surface area contributed by atoms with Gasteiger partial charge in [-0.1, -0.05) is 6.07 Å². The first-order valence-corrected chi connectivity index (χ1v) is 4.70. The molecule has 0 saturated carbocycles. The van der Waals surface area contributed by atoms with Crippen molar-refractivity contribution in [3.8, 4) is 0 Å². The van der Waals surface area contributed by atoms with E-state index < -0.39 is 0 Å². The molecule has 1 aromatic carbocycles. The van der Waals surface area contributed by atoms with E-state index in [1.165, 1.54) is 17.5 Å². The molecule has 0 unspecified atom stereocenters. The second kappa shape index (κ2) is 3.04. The molecule has 0 amide bonds. The van der Waals surface area contributed by atoms with Gasteiger partial charge in [0, 0.05) is 11.7 Å². The summed E-state index contributed by atoms with van der Waals surface area (Å²) in [5, 5.41) is 0. The minimum atomic E-state index is 0.664. The number of nitrogens with zero attached hydrogens (tertiary/aromatic N) is 1. The zero-order valence-electron chi connectivity index (χ0n) is 8.25. The molecular formula is C11H16N2. The van der Waals surface area contributed by atoms with Crippen molar-refractivity contribution < 1.29 is 0 Å². The fraction of sp³-hybridized carbons (Fsp3) is 0.455. The molecule has 0 heterocycles. The summed E-state index contributed by atoms with van der Waals surface area (Å²) in [4.78, 5) is 2.29. The molecule has 0 radical (unpaired) electrons. The first-order chi connectivity index (χ1) is 6.16. The van der Waals surface area contributed by atoms with E-state index >= 15 is 0 Å². The Morgan fingerprint density at radius 3 is 2.62 bits per heavy atom. The van der Waals surface area contributed by atoms with E-state index in [1.807, 2.05) is 6.07 Å². The maximum Gasteiger partial charge on any atom is 0.0316 e. The molecular weight excluding hydrogens is 160 g/mol. The average molecular weight is 176 g/mol. The van der Waals surface area contributed by atoms with E-state index in [9.17, 15) is 0 Å². The molecule has 2 rings (SSSR count). The monoisotopic (exact) mass is 176 g/mol. The lowest BCUT2D eigenvalue weighted by molar-refractivity contribution is 0.303. The van der Waals surface area contributed by atoms with Crippen molar-refractivity contribution in [3.05, 3.63) is 29.3 Å². The van der Waals surface area contributed by atoms with Crippen LogP contribution >= 0.6 is 0 Å². The summed E-state index contributed by atoms with van der Waals surface area (Å²) >= 11 is 0. The molecule has 13 heavy (non-hydrogen) atoms. The molecule has 0 spiro atoms. The fourth-order valence-corrected chi connectivity index (χ4v) is 1.98. The van der Waals surface area contributed by atoms with Gasteiger partial charge in [0.1, 0.15) is 0 Å². The van der Waals surface area contributed by atoms with Crippen LogP contribution in [-0.4, -0.2) is 25.0 Å². The van der Waals surface area contributed by atoms with Crippen molar-refractivity contribution in [2.75, 3.05) is 19.8 Å². The Bertz CT molecular complexity index is 318. The van der Waals surface area contributed by atoms with Gasteiger partial charge in [0.25, 0.3) is 0 Å². The van der Waals surface area contributed by atoms with Crippen molar-refractivity contribution in [2.24, 2.45) is 0 Å². The molecule has 1 aliphatic carbocycles. The molecule has 2 nitrogen and oxygen atoms in total. The number of hydrogen-bond donors (Lipinski definition) is 1. The molecule has 2 N–H and O–H groups in total. The Balaban J connectivity index is 2.25. The molecule has 0 saturated heterocycles. The number of likely N-dealkylation sites (N-methyl/N-ethyl adjacent to an activating group) is 1. The summed E-state index contributed by atoms with van der Waals surface area (Å²) in [7, 11) is 4.28. The Kier molecular flexibility index (Phi) is 2.00. The zero-order valence-corrected chi connectivity index (χ0v) is 8.25. The minimum Gasteiger partial charge on any atom is -0.399 e. The van der Waals surface area contributed by atoms with E-state index in [2.05, 4.69) is 31.1 Å². The Hall–Kier alpha value is -1.02. The van der Waals surface area contributed by atoms with Gasteiger partial charge in [-0.2, -0.15) is 0 Å². The van der Waals surface area contributed by atoms with Crippen molar-refractivity contribution in [2.45, 2.75) is 18.9 Å². The van der Waals surface area contributed by atoms with Crippen LogP contribution in [0.5, 0.6) is 0 Å². The lowest BCUT2D eigenvalue weighted by atomic mass is 10.1. The number of fused-ring (bicyclic) bond motifs is 1. The number of nitrogen functional groups attached to an aromatic ring is 1. The summed E-state index contributed by atoms with van der Waals surface area (Å²) in [6.45, 7) is 0. The van der Waals surface area contributed by atoms with Gasteiger partial charge < -0.3 is 10.6 Å². The molecule has 1 aromatic rings. The van der Waals surface area contributed by atoms with Crippen LogP contribution in [0.1, 0.15) is 11.1 Å². The normalized spacial score (nSPS) is 20.7. The lowest BCUT2D eigenvalue weighted by Crippen LogP contribution is -2.27. The van der Waals surface area contributed by atoms with Crippen LogP contribution < -0.4 is 5.73 Å². The van der Waals surface area contributed by atoms with Gasteiger partial charge in [-0.25, -0.2) is 0 Å². The van der Waals surface area contributed by atoms with Gasteiger partial charge in [0.2, 0.25) is 0 Å². The van der Waals surface area contributed by atoms with Gasteiger partial charge in [0.05, 0.1) is 0 Å². The maximum absolute atomic E-state index is 5.74. The van der Waals surface area contributed by atoms with E-state index in [-0.39, 0.29) is 0 Å². The van der Waals surface area contributed by atoms with Crippen LogP contribution in [0.15, 0.2) is 18.2 Å². The highest BCUT2D eigenvalue weighted by atomic mass is 15.1. The second-order valence-electron chi connectivity index (χ2n) is 4.05. The summed E-state index contributed by atoms with van der Waals surface area (Å²) < 4.78 is 0. The summed E-state index contributed by atoms with van der Waals surface area (Å²) in [6, 6.07) is 6.93. The third-order valence-corrected chi connectivity index (χ3v) is 2.87. The predicted molar refractivity (Wildman–Crippen MR) is 55.7 cm³/mol. The van der Waals surface area contributed by atoms with Crippen molar-refractivity contribution >= 4 is 5.69 Å². The SMILES string of the molecule is CN(C)[C@@H]1Cc2ccc(N)cc2C1. The zero-order chi connectivity index (χ0) is 9.42. The molecule has 70 valence electrons.